The molecule has 1 aromatic carbocycles. The standard InChI is InChI=1S/C14H14N4O3/c19-13(20)10-2-1-9-3-4-18(8-11(9)5-10)14(21)17-12-6-15-16-7-12/h1-2,5-7H,3-4,8H2,(H,15,16)(H,17,21)(H,19,20). The van der Waals surface area contributed by atoms with E-state index in [9.17, 15) is 9.59 Å². The van der Waals surface area contributed by atoms with Gasteiger partial charge in [-0.2, -0.15) is 5.10 Å². The van der Waals surface area contributed by atoms with Crippen molar-refractivity contribution in [3.63, 3.8) is 0 Å². The summed E-state index contributed by atoms with van der Waals surface area (Å²) in [4.78, 5) is 24.8. The molecule has 0 spiro atoms. The van der Waals surface area contributed by atoms with E-state index in [0.29, 0.717) is 25.2 Å². The Morgan fingerprint density at radius 1 is 1.33 bits per heavy atom. The van der Waals surface area contributed by atoms with Crippen molar-refractivity contribution in [1.82, 2.24) is 15.1 Å². The number of carbonyl (C=O) groups is 2. The van der Waals surface area contributed by atoms with Gasteiger partial charge < -0.3 is 15.3 Å². The van der Waals surface area contributed by atoms with Gasteiger partial charge >= 0.3 is 12.0 Å². The van der Waals surface area contributed by atoms with Gasteiger partial charge in [-0.1, -0.05) is 6.07 Å². The molecule has 2 heterocycles. The van der Waals surface area contributed by atoms with Crippen molar-refractivity contribution in [1.29, 1.82) is 0 Å². The monoisotopic (exact) mass is 286 g/mol. The molecule has 3 N–H and O–H groups in total. The third-order valence-electron chi connectivity index (χ3n) is 3.50. The number of anilines is 1. The molecule has 0 bridgehead atoms. The minimum Gasteiger partial charge on any atom is -0.478 e. The quantitative estimate of drug-likeness (QED) is 0.782. The Morgan fingerprint density at radius 2 is 2.19 bits per heavy atom. The SMILES string of the molecule is O=C(O)c1ccc2c(c1)CN(C(=O)Nc1cn[nH]c1)CC2. The maximum atomic E-state index is 12.2. The Morgan fingerprint density at radius 3 is 2.90 bits per heavy atom. The van der Waals surface area contributed by atoms with E-state index in [1.54, 1.807) is 23.2 Å². The van der Waals surface area contributed by atoms with Crippen LogP contribution in [0.15, 0.2) is 30.6 Å². The van der Waals surface area contributed by atoms with Crippen LogP contribution in [0, 0.1) is 0 Å². The lowest BCUT2D eigenvalue weighted by atomic mass is 9.97. The van der Waals surface area contributed by atoms with Crippen LogP contribution < -0.4 is 5.32 Å². The summed E-state index contributed by atoms with van der Waals surface area (Å²) in [6.07, 6.45) is 3.84. The van der Waals surface area contributed by atoms with Crippen LogP contribution in [0.4, 0.5) is 10.5 Å². The summed E-state index contributed by atoms with van der Waals surface area (Å²) >= 11 is 0. The van der Waals surface area contributed by atoms with Gasteiger partial charge in [-0.15, -0.1) is 0 Å². The third-order valence-corrected chi connectivity index (χ3v) is 3.50. The van der Waals surface area contributed by atoms with Crippen LogP contribution >= 0.6 is 0 Å². The van der Waals surface area contributed by atoms with Gasteiger partial charge in [0.15, 0.2) is 0 Å². The van der Waals surface area contributed by atoms with Crippen LogP contribution in [-0.2, 0) is 13.0 Å². The number of hydrogen-bond acceptors (Lipinski definition) is 3. The Bertz CT molecular complexity index is 682. The Balaban J connectivity index is 1.75. The highest BCUT2D eigenvalue weighted by atomic mass is 16.4. The predicted molar refractivity (Wildman–Crippen MR) is 75.1 cm³/mol. The summed E-state index contributed by atoms with van der Waals surface area (Å²) in [6, 6.07) is 4.84. The summed E-state index contributed by atoms with van der Waals surface area (Å²) < 4.78 is 0. The van der Waals surface area contributed by atoms with E-state index < -0.39 is 5.97 Å². The smallest absolute Gasteiger partial charge is 0.335 e. The number of benzene rings is 1. The number of fused-ring (bicyclic) bond motifs is 1. The second kappa shape index (κ2) is 5.28. The molecular formula is C14H14N4O3. The van der Waals surface area contributed by atoms with Crippen LogP contribution in [-0.4, -0.2) is 38.7 Å². The van der Waals surface area contributed by atoms with Gasteiger partial charge in [0.25, 0.3) is 0 Å². The van der Waals surface area contributed by atoms with E-state index >= 15 is 0 Å². The minimum atomic E-state index is -0.960. The number of nitrogens with zero attached hydrogens (tertiary/aromatic N) is 2. The van der Waals surface area contributed by atoms with E-state index in [0.717, 1.165) is 11.1 Å². The molecule has 0 saturated heterocycles. The number of aromatic carboxylic acids is 1. The number of amides is 2. The molecule has 0 fully saturated rings. The van der Waals surface area contributed by atoms with Crippen molar-refractivity contribution in [2.45, 2.75) is 13.0 Å². The maximum Gasteiger partial charge on any atom is 0.335 e. The summed E-state index contributed by atoms with van der Waals surface area (Å²) in [5.41, 5.74) is 2.81. The van der Waals surface area contributed by atoms with Gasteiger partial charge in [0.1, 0.15) is 0 Å². The number of carbonyl (C=O) groups excluding carboxylic acids is 1. The van der Waals surface area contributed by atoms with Gasteiger partial charge in [0.2, 0.25) is 0 Å². The molecule has 0 atom stereocenters. The summed E-state index contributed by atoms with van der Waals surface area (Å²) in [7, 11) is 0. The largest absolute Gasteiger partial charge is 0.478 e. The van der Waals surface area contributed by atoms with Crippen LogP contribution in [0.5, 0.6) is 0 Å². The number of aromatic nitrogens is 2. The molecule has 7 nitrogen and oxygen atoms in total. The fourth-order valence-corrected chi connectivity index (χ4v) is 2.39. The number of hydrogen-bond donors (Lipinski definition) is 3. The number of rotatable bonds is 2. The highest BCUT2D eigenvalue weighted by Crippen LogP contribution is 2.21. The minimum absolute atomic E-state index is 0.220. The van der Waals surface area contributed by atoms with E-state index in [1.807, 2.05) is 6.07 Å². The first-order valence-corrected chi connectivity index (χ1v) is 6.53. The number of H-pyrrole nitrogens is 1. The highest BCUT2D eigenvalue weighted by Gasteiger charge is 2.21. The van der Waals surface area contributed by atoms with Crippen LogP contribution in [0.2, 0.25) is 0 Å². The fraction of sp³-hybridized carbons (Fsp3) is 0.214. The second-order valence-corrected chi connectivity index (χ2v) is 4.88. The predicted octanol–water partition coefficient (Wildman–Crippen LogP) is 1.70. The molecule has 1 aliphatic rings. The van der Waals surface area contributed by atoms with Crippen molar-refractivity contribution in [2.24, 2.45) is 0 Å². The third kappa shape index (κ3) is 2.71. The number of nitrogens with one attached hydrogen (secondary N) is 2. The average molecular weight is 286 g/mol. The highest BCUT2D eigenvalue weighted by molar-refractivity contribution is 5.90. The van der Waals surface area contributed by atoms with Crippen molar-refractivity contribution in [3.8, 4) is 0 Å². The van der Waals surface area contributed by atoms with Crippen molar-refractivity contribution >= 4 is 17.7 Å². The molecule has 0 unspecified atom stereocenters. The van der Waals surface area contributed by atoms with E-state index in [2.05, 4.69) is 15.5 Å². The number of carboxylic acid groups (broad SMARTS) is 1. The summed E-state index contributed by atoms with van der Waals surface area (Å²) in [6.45, 7) is 1.00. The number of carboxylic acids is 1. The van der Waals surface area contributed by atoms with Crippen LogP contribution in [0.25, 0.3) is 0 Å². The van der Waals surface area contributed by atoms with Gasteiger partial charge in [-0.3, -0.25) is 5.10 Å². The lowest BCUT2D eigenvalue weighted by molar-refractivity contribution is 0.0696. The lowest BCUT2D eigenvalue weighted by Crippen LogP contribution is -2.38. The zero-order chi connectivity index (χ0) is 14.8. The first kappa shape index (κ1) is 13.2. The summed E-state index contributed by atoms with van der Waals surface area (Å²) in [5.74, 6) is -0.960. The molecule has 21 heavy (non-hydrogen) atoms. The van der Waals surface area contributed by atoms with Gasteiger partial charge in [0.05, 0.1) is 17.4 Å². The fourth-order valence-electron chi connectivity index (χ4n) is 2.39. The molecule has 7 heteroatoms. The topological polar surface area (TPSA) is 98.3 Å². The van der Waals surface area contributed by atoms with Gasteiger partial charge in [0, 0.05) is 19.3 Å². The van der Waals surface area contributed by atoms with Gasteiger partial charge in [-0.25, -0.2) is 9.59 Å². The molecule has 3 rings (SSSR count). The van der Waals surface area contributed by atoms with Gasteiger partial charge in [-0.05, 0) is 29.7 Å². The zero-order valence-electron chi connectivity index (χ0n) is 11.2. The maximum absolute atomic E-state index is 12.2. The first-order chi connectivity index (χ1) is 10.1. The molecule has 1 aromatic heterocycles. The molecule has 2 aromatic rings. The number of aromatic amines is 1. The molecular weight excluding hydrogens is 272 g/mol. The van der Waals surface area contributed by atoms with E-state index in [4.69, 9.17) is 5.11 Å². The van der Waals surface area contributed by atoms with Crippen LogP contribution in [0.1, 0.15) is 21.5 Å². The van der Waals surface area contributed by atoms with Crippen molar-refractivity contribution < 1.29 is 14.7 Å². The molecule has 108 valence electrons. The molecule has 0 saturated carbocycles. The van der Waals surface area contributed by atoms with Crippen molar-refractivity contribution in [3.05, 3.63) is 47.3 Å². The van der Waals surface area contributed by atoms with E-state index in [1.165, 1.54) is 6.20 Å². The Hall–Kier alpha value is -2.83. The Labute approximate surface area is 120 Å². The zero-order valence-corrected chi connectivity index (χ0v) is 11.2. The molecule has 0 aliphatic carbocycles. The Kier molecular flexibility index (Phi) is 3.31. The molecule has 2 amide bonds. The molecule has 1 aliphatic heterocycles. The number of urea groups is 1. The summed E-state index contributed by atoms with van der Waals surface area (Å²) in [5, 5.41) is 18.2. The lowest BCUT2D eigenvalue weighted by Gasteiger charge is -2.29. The second-order valence-electron chi connectivity index (χ2n) is 4.88. The normalized spacial score (nSPS) is 13.6. The van der Waals surface area contributed by atoms with E-state index in [-0.39, 0.29) is 11.6 Å². The first-order valence-electron chi connectivity index (χ1n) is 6.53. The molecule has 0 radical (unpaired) electrons. The van der Waals surface area contributed by atoms with Crippen molar-refractivity contribution in [2.75, 3.05) is 11.9 Å². The average Bonchev–Trinajstić information content (AvgIpc) is 2.98. The van der Waals surface area contributed by atoms with Crippen LogP contribution in [0.3, 0.4) is 0 Å².